The summed E-state index contributed by atoms with van der Waals surface area (Å²) in [6, 6.07) is 8.49. The third-order valence-electron chi connectivity index (χ3n) is 3.63. The average molecular weight is 276 g/mol. The van der Waals surface area contributed by atoms with E-state index < -0.39 is 0 Å². The van der Waals surface area contributed by atoms with E-state index in [-0.39, 0.29) is 0 Å². The molecule has 0 saturated carbocycles. The molecule has 0 saturated heterocycles. The van der Waals surface area contributed by atoms with Crippen LogP contribution in [-0.2, 0) is 6.42 Å². The SMILES string of the molecule is CCC(C)c1ccc2nc(CC(C)C)cc(Cl)c2c1. The molecule has 0 amide bonds. The number of nitrogens with zero attached hydrogens (tertiary/aromatic N) is 1. The molecule has 102 valence electrons. The average Bonchev–Trinajstić information content (AvgIpc) is 2.36. The van der Waals surface area contributed by atoms with Gasteiger partial charge in [-0.2, -0.15) is 0 Å². The highest BCUT2D eigenvalue weighted by molar-refractivity contribution is 6.35. The summed E-state index contributed by atoms with van der Waals surface area (Å²) in [5.41, 5.74) is 3.44. The van der Waals surface area contributed by atoms with Gasteiger partial charge in [0.15, 0.2) is 0 Å². The summed E-state index contributed by atoms with van der Waals surface area (Å²) in [5.74, 6) is 1.16. The molecule has 0 radical (unpaired) electrons. The minimum absolute atomic E-state index is 0.566. The van der Waals surface area contributed by atoms with Crippen LogP contribution in [0.25, 0.3) is 10.9 Å². The van der Waals surface area contributed by atoms with Crippen molar-refractivity contribution in [3.8, 4) is 0 Å². The zero-order valence-electron chi connectivity index (χ0n) is 12.2. The maximum absolute atomic E-state index is 6.43. The van der Waals surface area contributed by atoms with Crippen molar-refractivity contribution in [2.24, 2.45) is 5.92 Å². The molecule has 0 aliphatic carbocycles. The van der Waals surface area contributed by atoms with Crippen LogP contribution in [-0.4, -0.2) is 4.98 Å². The van der Waals surface area contributed by atoms with Crippen LogP contribution in [0.4, 0.5) is 0 Å². The molecule has 2 aromatic rings. The van der Waals surface area contributed by atoms with Crippen LogP contribution in [0.5, 0.6) is 0 Å². The largest absolute Gasteiger partial charge is 0.253 e. The van der Waals surface area contributed by atoms with Gasteiger partial charge in [-0.15, -0.1) is 0 Å². The van der Waals surface area contributed by atoms with Crippen molar-refractivity contribution in [3.05, 3.63) is 40.5 Å². The highest BCUT2D eigenvalue weighted by Gasteiger charge is 2.09. The summed E-state index contributed by atoms with van der Waals surface area (Å²) in [4.78, 5) is 4.72. The van der Waals surface area contributed by atoms with Crippen molar-refractivity contribution in [3.63, 3.8) is 0 Å². The van der Waals surface area contributed by atoms with E-state index in [0.29, 0.717) is 11.8 Å². The second-order valence-electron chi connectivity index (χ2n) is 5.78. The van der Waals surface area contributed by atoms with Gasteiger partial charge in [-0.1, -0.05) is 45.4 Å². The monoisotopic (exact) mass is 275 g/mol. The Hall–Kier alpha value is -1.08. The lowest BCUT2D eigenvalue weighted by molar-refractivity contribution is 0.637. The highest BCUT2D eigenvalue weighted by Crippen LogP contribution is 2.28. The Labute approximate surface area is 121 Å². The van der Waals surface area contributed by atoms with E-state index >= 15 is 0 Å². The molecule has 2 heteroatoms. The molecule has 1 nitrogen and oxygen atoms in total. The van der Waals surface area contributed by atoms with Gasteiger partial charge < -0.3 is 0 Å². The molecule has 0 N–H and O–H groups in total. The van der Waals surface area contributed by atoms with Crippen LogP contribution >= 0.6 is 11.6 Å². The van der Waals surface area contributed by atoms with Gasteiger partial charge in [0.25, 0.3) is 0 Å². The maximum Gasteiger partial charge on any atom is 0.0720 e. The van der Waals surface area contributed by atoms with Gasteiger partial charge in [-0.3, -0.25) is 4.98 Å². The lowest BCUT2D eigenvalue weighted by Gasteiger charge is -2.12. The zero-order valence-corrected chi connectivity index (χ0v) is 13.0. The van der Waals surface area contributed by atoms with Gasteiger partial charge in [0.1, 0.15) is 0 Å². The molecule has 0 aliphatic heterocycles. The maximum atomic E-state index is 6.43. The summed E-state index contributed by atoms with van der Waals surface area (Å²) in [6.45, 7) is 8.85. The van der Waals surface area contributed by atoms with Crippen molar-refractivity contribution in [1.29, 1.82) is 0 Å². The predicted molar refractivity (Wildman–Crippen MR) is 84.0 cm³/mol. The van der Waals surface area contributed by atoms with E-state index in [1.54, 1.807) is 0 Å². The summed E-state index contributed by atoms with van der Waals surface area (Å²) in [7, 11) is 0. The Morgan fingerprint density at radius 1 is 1.16 bits per heavy atom. The molecular formula is C17H22ClN. The first-order chi connectivity index (χ1) is 9.01. The standard InChI is InChI=1S/C17H22ClN/c1-5-12(4)13-6-7-17-15(9-13)16(18)10-14(19-17)8-11(2)3/h6-7,9-12H,5,8H2,1-4H3. The molecule has 0 fully saturated rings. The Balaban J connectivity index is 2.47. The summed E-state index contributed by atoms with van der Waals surface area (Å²) >= 11 is 6.43. The van der Waals surface area contributed by atoms with Gasteiger partial charge in [-0.25, -0.2) is 0 Å². The van der Waals surface area contributed by atoms with Gasteiger partial charge in [0.2, 0.25) is 0 Å². The van der Waals surface area contributed by atoms with E-state index in [0.717, 1.165) is 34.5 Å². The molecule has 0 bridgehead atoms. The Kier molecular flexibility index (Phi) is 4.46. The summed E-state index contributed by atoms with van der Waals surface area (Å²) < 4.78 is 0. The Morgan fingerprint density at radius 3 is 2.53 bits per heavy atom. The Bertz CT molecular complexity index is 575. The van der Waals surface area contributed by atoms with Crippen LogP contribution in [0, 0.1) is 5.92 Å². The van der Waals surface area contributed by atoms with E-state index in [9.17, 15) is 0 Å². The number of hydrogen-bond acceptors (Lipinski definition) is 1. The van der Waals surface area contributed by atoms with E-state index in [1.165, 1.54) is 5.56 Å². The van der Waals surface area contributed by atoms with Gasteiger partial charge in [0, 0.05) is 11.1 Å². The van der Waals surface area contributed by atoms with E-state index in [2.05, 4.69) is 45.9 Å². The van der Waals surface area contributed by atoms with Crippen molar-refractivity contribution in [2.45, 2.75) is 46.5 Å². The van der Waals surface area contributed by atoms with Gasteiger partial charge in [-0.05, 0) is 48.4 Å². The quantitative estimate of drug-likeness (QED) is 0.708. The topological polar surface area (TPSA) is 12.9 Å². The number of rotatable bonds is 4. The first kappa shape index (κ1) is 14.3. The smallest absolute Gasteiger partial charge is 0.0720 e. The molecular weight excluding hydrogens is 254 g/mol. The molecule has 0 aliphatic rings. The molecule has 1 aromatic carbocycles. The number of benzene rings is 1. The highest BCUT2D eigenvalue weighted by atomic mass is 35.5. The number of fused-ring (bicyclic) bond motifs is 1. The lowest BCUT2D eigenvalue weighted by Crippen LogP contribution is -1.98. The fraction of sp³-hybridized carbons (Fsp3) is 0.471. The number of aromatic nitrogens is 1. The summed E-state index contributed by atoms with van der Waals surface area (Å²) in [5, 5.41) is 1.90. The van der Waals surface area contributed by atoms with Crippen LogP contribution in [0.2, 0.25) is 5.02 Å². The van der Waals surface area contributed by atoms with Crippen molar-refractivity contribution < 1.29 is 0 Å². The van der Waals surface area contributed by atoms with Crippen LogP contribution in [0.3, 0.4) is 0 Å². The summed E-state index contributed by atoms with van der Waals surface area (Å²) in [6.07, 6.45) is 2.12. The van der Waals surface area contributed by atoms with Crippen LogP contribution in [0.1, 0.15) is 51.3 Å². The first-order valence-electron chi connectivity index (χ1n) is 7.10. The van der Waals surface area contributed by atoms with Crippen LogP contribution < -0.4 is 0 Å². The lowest BCUT2D eigenvalue weighted by atomic mass is 9.97. The molecule has 19 heavy (non-hydrogen) atoms. The second-order valence-corrected chi connectivity index (χ2v) is 6.19. The van der Waals surface area contributed by atoms with Crippen LogP contribution in [0.15, 0.2) is 24.3 Å². The van der Waals surface area contributed by atoms with Gasteiger partial charge in [0.05, 0.1) is 10.5 Å². The van der Waals surface area contributed by atoms with Crippen molar-refractivity contribution in [1.82, 2.24) is 4.98 Å². The Morgan fingerprint density at radius 2 is 1.89 bits per heavy atom. The third kappa shape index (κ3) is 3.27. The van der Waals surface area contributed by atoms with Crippen molar-refractivity contribution in [2.75, 3.05) is 0 Å². The fourth-order valence-corrected chi connectivity index (χ4v) is 2.60. The number of pyridine rings is 1. The second kappa shape index (κ2) is 5.92. The van der Waals surface area contributed by atoms with E-state index in [1.807, 2.05) is 6.07 Å². The fourth-order valence-electron chi connectivity index (χ4n) is 2.32. The zero-order chi connectivity index (χ0) is 14.0. The molecule has 1 atom stereocenters. The third-order valence-corrected chi connectivity index (χ3v) is 3.95. The minimum atomic E-state index is 0.566. The molecule has 1 unspecified atom stereocenters. The minimum Gasteiger partial charge on any atom is -0.253 e. The predicted octanol–water partition coefficient (Wildman–Crippen LogP) is 5.60. The normalized spacial score (nSPS) is 13.2. The van der Waals surface area contributed by atoms with Gasteiger partial charge >= 0.3 is 0 Å². The first-order valence-corrected chi connectivity index (χ1v) is 7.48. The molecule has 0 spiro atoms. The van der Waals surface area contributed by atoms with Crippen molar-refractivity contribution >= 4 is 22.5 Å². The van der Waals surface area contributed by atoms with E-state index in [4.69, 9.17) is 16.6 Å². The number of halogens is 1. The molecule has 2 rings (SSSR count). The number of hydrogen-bond donors (Lipinski definition) is 0. The molecule has 1 aromatic heterocycles. The molecule has 1 heterocycles.